The van der Waals surface area contributed by atoms with Crippen LogP contribution in [0.1, 0.15) is 23.2 Å². The number of aromatic hydroxyl groups is 1. The standard InChI is InChI=1S/C28H23NO8/c30-17-5-7-21-23(13-17)37-24-14-18(31)6-8-22(24)26(21)19-3-1-2-4-20(19)27(34)29-11-9-16(10-12-29)28(35)36-15-25(32)33/h1-8,13-14,16,30H,9-12,15H2,(H,32,33). The molecule has 37 heavy (non-hydrogen) atoms. The van der Waals surface area contributed by atoms with Crippen LogP contribution in [-0.2, 0) is 14.3 Å². The van der Waals surface area contributed by atoms with E-state index in [0.29, 0.717) is 64.9 Å². The quantitative estimate of drug-likeness (QED) is 0.312. The predicted molar refractivity (Wildman–Crippen MR) is 133 cm³/mol. The van der Waals surface area contributed by atoms with Crippen molar-refractivity contribution in [2.24, 2.45) is 5.92 Å². The summed E-state index contributed by atoms with van der Waals surface area (Å²) in [6.45, 7) is -0.0414. The Bertz CT molecular complexity index is 1550. The number of rotatable bonds is 5. The lowest BCUT2D eigenvalue weighted by Gasteiger charge is -2.31. The number of esters is 1. The van der Waals surface area contributed by atoms with Gasteiger partial charge in [-0.1, -0.05) is 18.2 Å². The van der Waals surface area contributed by atoms with E-state index in [1.54, 1.807) is 29.2 Å². The number of benzene rings is 3. The van der Waals surface area contributed by atoms with Crippen molar-refractivity contribution in [3.8, 4) is 28.2 Å². The molecule has 9 nitrogen and oxygen atoms in total. The van der Waals surface area contributed by atoms with Crippen molar-refractivity contribution >= 4 is 28.8 Å². The average Bonchev–Trinajstić information content (AvgIpc) is 2.90. The van der Waals surface area contributed by atoms with E-state index < -0.39 is 24.5 Å². The van der Waals surface area contributed by atoms with Crippen molar-refractivity contribution in [1.82, 2.24) is 4.90 Å². The van der Waals surface area contributed by atoms with Crippen molar-refractivity contribution in [1.29, 1.82) is 0 Å². The average molecular weight is 501 g/mol. The third-order valence-electron chi connectivity index (χ3n) is 6.56. The Balaban J connectivity index is 1.51. The maximum absolute atomic E-state index is 13.7. The van der Waals surface area contributed by atoms with Gasteiger partial charge in [0.1, 0.15) is 17.1 Å². The fraction of sp³-hybridized carbons (Fsp3) is 0.214. The molecule has 0 bridgehead atoms. The molecule has 9 heteroatoms. The molecule has 0 radical (unpaired) electrons. The highest BCUT2D eigenvalue weighted by Crippen LogP contribution is 2.42. The Morgan fingerprint density at radius 3 is 2.49 bits per heavy atom. The molecular formula is C28H23NO8. The number of carboxylic acid groups (broad SMARTS) is 1. The van der Waals surface area contributed by atoms with Crippen molar-refractivity contribution in [3.63, 3.8) is 0 Å². The number of amides is 1. The van der Waals surface area contributed by atoms with E-state index in [1.807, 2.05) is 12.1 Å². The molecule has 0 atom stereocenters. The zero-order valence-corrected chi connectivity index (χ0v) is 19.7. The van der Waals surface area contributed by atoms with Crippen LogP contribution < -0.4 is 5.43 Å². The van der Waals surface area contributed by atoms with Gasteiger partial charge in [-0.3, -0.25) is 14.4 Å². The highest BCUT2D eigenvalue weighted by atomic mass is 16.5. The van der Waals surface area contributed by atoms with Crippen molar-refractivity contribution in [3.05, 3.63) is 76.5 Å². The number of nitrogens with zero attached hydrogens (tertiary/aromatic N) is 1. The Hall–Kier alpha value is -4.66. The number of carboxylic acids is 1. The SMILES string of the molecule is O=C(O)COC(=O)C1CCN(C(=O)c2ccccc2-c2c3ccc(=O)cc-3oc3cc(O)ccc23)CC1. The third-order valence-corrected chi connectivity index (χ3v) is 6.56. The van der Waals surface area contributed by atoms with E-state index in [-0.39, 0.29) is 17.1 Å². The van der Waals surface area contributed by atoms with Crippen LogP contribution in [0.25, 0.3) is 33.4 Å². The molecule has 1 aliphatic carbocycles. The van der Waals surface area contributed by atoms with Gasteiger partial charge in [-0.15, -0.1) is 0 Å². The van der Waals surface area contributed by atoms with Crippen LogP contribution in [0.2, 0.25) is 0 Å². The van der Waals surface area contributed by atoms with E-state index in [9.17, 15) is 24.3 Å². The number of ether oxygens (including phenoxy) is 1. The topological polar surface area (TPSA) is 134 Å². The van der Waals surface area contributed by atoms with Crippen molar-refractivity contribution in [2.75, 3.05) is 19.7 Å². The summed E-state index contributed by atoms with van der Waals surface area (Å²) in [5.41, 5.74) is 2.59. The number of fused-ring (bicyclic) bond motifs is 2. The Kier molecular flexibility index (Phi) is 6.35. The highest BCUT2D eigenvalue weighted by Gasteiger charge is 2.31. The summed E-state index contributed by atoms with van der Waals surface area (Å²) >= 11 is 0. The summed E-state index contributed by atoms with van der Waals surface area (Å²) in [5, 5.41) is 19.4. The molecule has 2 aromatic rings. The summed E-state index contributed by atoms with van der Waals surface area (Å²) in [6, 6.07) is 16.3. The van der Waals surface area contributed by atoms with Gasteiger partial charge in [0.2, 0.25) is 0 Å². The molecule has 2 heterocycles. The number of carbonyl (C=O) groups excluding carboxylic acids is 2. The second kappa shape index (κ2) is 9.77. The lowest BCUT2D eigenvalue weighted by atomic mass is 9.90. The first-order valence-corrected chi connectivity index (χ1v) is 11.8. The van der Waals surface area contributed by atoms with E-state index in [4.69, 9.17) is 14.3 Å². The van der Waals surface area contributed by atoms with Gasteiger partial charge in [0.15, 0.2) is 12.0 Å². The Morgan fingerprint density at radius 1 is 0.973 bits per heavy atom. The van der Waals surface area contributed by atoms with Gasteiger partial charge >= 0.3 is 11.9 Å². The highest BCUT2D eigenvalue weighted by molar-refractivity contribution is 6.09. The van der Waals surface area contributed by atoms with Crippen LogP contribution in [0.15, 0.2) is 69.9 Å². The lowest BCUT2D eigenvalue weighted by molar-refractivity contribution is -0.159. The summed E-state index contributed by atoms with van der Waals surface area (Å²) < 4.78 is 10.7. The molecule has 2 N–H and O–H groups in total. The molecule has 1 saturated heterocycles. The molecule has 1 fully saturated rings. The first kappa shape index (κ1) is 24.1. The van der Waals surface area contributed by atoms with Crippen LogP contribution >= 0.6 is 0 Å². The number of phenols is 1. The smallest absolute Gasteiger partial charge is 0.341 e. The maximum atomic E-state index is 13.7. The number of carbonyl (C=O) groups is 3. The van der Waals surface area contributed by atoms with Crippen LogP contribution in [0.3, 0.4) is 0 Å². The number of hydrogen-bond donors (Lipinski definition) is 2. The maximum Gasteiger partial charge on any atom is 0.341 e. The number of aliphatic carboxylic acids is 1. The van der Waals surface area contributed by atoms with Gasteiger partial charge in [-0.25, -0.2) is 4.79 Å². The second-order valence-electron chi connectivity index (χ2n) is 8.93. The first-order chi connectivity index (χ1) is 17.8. The minimum Gasteiger partial charge on any atom is -0.508 e. The van der Waals surface area contributed by atoms with E-state index in [0.717, 1.165) is 0 Å². The van der Waals surface area contributed by atoms with Crippen molar-refractivity contribution < 1.29 is 33.8 Å². The van der Waals surface area contributed by atoms with Crippen LogP contribution in [0.4, 0.5) is 0 Å². The first-order valence-electron chi connectivity index (χ1n) is 11.8. The largest absolute Gasteiger partial charge is 0.508 e. The normalized spacial score (nSPS) is 14.1. The number of likely N-dealkylation sites (tertiary alicyclic amines) is 1. The van der Waals surface area contributed by atoms with Gasteiger partial charge in [0.25, 0.3) is 5.91 Å². The Morgan fingerprint density at radius 2 is 1.73 bits per heavy atom. The summed E-state index contributed by atoms with van der Waals surface area (Å²) in [5.74, 6) is -2.11. The van der Waals surface area contributed by atoms with Gasteiger partial charge in [-0.2, -0.15) is 0 Å². The van der Waals surface area contributed by atoms with Crippen LogP contribution in [-0.4, -0.2) is 52.7 Å². The molecule has 1 amide bonds. The monoisotopic (exact) mass is 501 g/mol. The van der Waals surface area contributed by atoms with Crippen LogP contribution in [0.5, 0.6) is 5.75 Å². The second-order valence-corrected chi connectivity index (χ2v) is 8.93. The molecule has 2 aromatic carbocycles. The molecule has 188 valence electrons. The summed E-state index contributed by atoms with van der Waals surface area (Å²) in [4.78, 5) is 50.2. The third kappa shape index (κ3) is 4.75. The molecule has 3 aliphatic rings. The minimum absolute atomic E-state index is 0.00828. The van der Waals surface area contributed by atoms with E-state index >= 15 is 0 Å². The molecule has 2 aliphatic heterocycles. The molecular weight excluding hydrogens is 478 g/mol. The van der Waals surface area contributed by atoms with Gasteiger partial charge in [0, 0.05) is 47.3 Å². The molecule has 0 spiro atoms. The lowest BCUT2D eigenvalue weighted by Crippen LogP contribution is -2.41. The van der Waals surface area contributed by atoms with Crippen molar-refractivity contribution in [2.45, 2.75) is 12.8 Å². The molecule has 0 aromatic heterocycles. The zero-order valence-electron chi connectivity index (χ0n) is 19.7. The fourth-order valence-corrected chi connectivity index (χ4v) is 4.78. The van der Waals surface area contributed by atoms with E-state index in [1.165, 1.54) is 24.3 Å². The Labute approximate surface area is 210 Å². The fourth-order valence-electron chi connectivity index (χ4n) is 4.78. The summed E-state index contributed by atoms with van der Waals surface area (Å²) in [6.07, 6.45) is 0.738. The zero-order chi connectivity index (χ0) is 26.1. The number of piperidine rings is 1. The molecule has 0 unspecified atom stereocenters. The van der Waals surface area contributed by atoms with Crippen LogP contribution in [0, 0.1) is 5.92 Å². The predicted octanol–water partition coefficient (Wildman–Crippen LogP) is 3.75. The molecule has 5 rings (SSSR count). The van der Waals surface area contributed by atoms with Gasteiger partial charge in [-0.05, 0) is 48.7 Å². The molecule has 0 saturated carbocycles. The minimum atomic E-state index is -1.21. The number of phenolic OH excluding ortho intramolecular Hbond substituents is 1. The summed E-state index contributed by atoms with van der Waals surface area (Å²) in [7, 11) is 0. The van der Waals surface area contributed by atoms with Gasteiger partial charge < -0.3 is 24.3 Å². The van der Waals surface area contributed by atoms with Gasteiger partial charge in [0.05, 0.1) is 5.92 Å². The number of hydrogen-bond acceptors (Lipinski definition) is 7. The van der Waals surface area contributed by atoms with E-state index in [2.05, 4.69) is 0 Å².